The minimum atomic E-state index is -0.180. The lowest BCUT2D eigenvalue weighted by molar-refractivity contribution is 0.102. The maximum absolute atomic E-state index is 12.6. The van der Waals surface area contributed by atoms with Crippen LogP contribution in [0.25, 0.3) is 20.9 Å². The van der Waals surface area contributed by atoms with Gasteiger partial charge in [-0.2, -0.15) is 0 Å². The lowest BCUT2D eigenvalue weighted by Gasteiger charge is -2.11. The summed E-state index contributed by atoms with van der Waals surface area (Å²) in [7, 11) is 1.58. The number of benzene rings is 2. The largest absolute Gasteiger partial charge is 0.497 e. The molecule has 0 atom stereocenters. The van der Waals surface area contributed by atoms with Gasteiger partial charge in [0.2, 0.25) is 0 Å². The fourth-order valence-electron chi connectivity index (χ4n) is 2.85. The first-order valence-corrected chi connectivity index (χ1v) is 9.24. The van der Waals surface area contributed by atoms with Crippen molar-refractivity contribution in [2.75, 3.05) is 12.4 Å². The number of carbonyl (C=O) groups is 1. The van der Waals surface area contributed by atoms with Crippen LogP contribution in [0.1, 0.15) is 15.9 Å². The highest BCUT2D eigenvalue weighted by Crippen LogP contribution is 2.33. The van der Waals surface area contributed by atoms with Crippen LogP contribution in [0.5, 0.6) is 5.75 Å². The Hall–Kier alpha value is -3.25. The second kappa shape index (κ2) is 7.17. The predicted molar refractivity (Wildman–Crippen MR) is 109 cm³/mol. The number of amides is 1. The molecular weight excluding hydrogens is 358 g/mol. The quantitative estimate of drug-likeness (QED) is 0.549. The smallest absolute Gasteiger partial charge is 0.255 e. The molecule has 0 radical (unpaired) electrons. The van der Waals surface area contributed by atoms with Gasteiger partial charge >= 0.3 is 0 Å². The second-order valence-electron chi connectivity index (χ2n) is 6.01. The lowest BCUT2D eigenvalue weighted by Crippen LogP contribution is -2.13. The van der Waals surface area contributed by atoms with Gasteiger partial charge in [-0.3, -0.25) is 4.79 Å². The van der Waals surface area contributed by atoms with Gasteiger partial charge in [0.05, 0.1) is 7.11 Å². The summed E-state index contributed by atoms with van der Waals surface area (Å²) in [6, 6.07) is 16.7. The number of ether oxygens (including phenoxy) is 1. The van der Waals surface area contributed by atoms with Gasteiger partial charge in [0.15, 0.2) is 0 Å². The first-order chi connectivity index (χ1) is 13.2. The maximum atomic E-state index is 12.6. The van der Waals surface area contributed by atoms with E-state index in [4.69, 9.17) is 4.74 Å². The molecule has 27 heavy (non-hydrogen) atoms. The van der Waals surface area contributed by atoms with Crippen LogP contribution in [0.15, 0.2) is 60.8 Å². The summed E-state index contributed by atoms with van der Waals surface area (Å²) in [5.41, 5.74) is 4.13. The Morgan fingerprint density at radius 1 is 1.11 bits per heavy atom. The third-order valence-corrected chi connectivity index (χ3v) is 5.32. The standard InChI is InChI=1S/C21H17N3O2S/c1-13-16(20-24-18-10-5-11-22-21(18)27-20)8-4-9-17(13)23-19(25)14-6-3-7-15(12-14)26-2/h3-12H,1-2H3,(H,23,25). The van der Waals surface area contributed by atoms with Gasteiger partial charge in [0, 0.05) is 23.0 Å². The van der Waals surface area contributed by atoms with Crippen LogP contribution < -0.4 is 10.1 Å². The van der Waals surface area contributed by atoms with Crippen LogP contribution >= 0.6 is 11.3 Å². The average molecular weight is 375 g/mol. The number of hydrogen-bond acceptors (Lipinski definition) is 5. The molecule has 2 heterocycles. The molecule has 4 aromatic rings. The molecule has 5 nitrogen and oxygen atoms in total. The number of hydrogen-bond donors (Lipinski definition) is 1. The molecule has 0 aliphatic rings. The van der Waals surface area contributed by atoms with Crippen molar-refractivity contribution in [1.29, 1.82) is 0 Å². The summed E-state index contributed by atoms with van der Waals surface area (Å²) < 4.78 is 5.19. The summed E-state index contributed by atoms with van der Waals surface area (Å²) in [6.07, 6.45) is 1.77. The number of pyridine rings is 1. The van der Waals surface area contributed by atoms with Gasteiger partial charge in [-0.15, -0.1) is 0 Å². The summed E-state index contributed by atoms with van der Waals surface area (Å²) in [5.74, 6) is 0.468. The van der Waals surface area contributed by atoms with E-state index in [1.54, 1.807) is 42.8 Å². The van der Waals surface area contributed by atoms with Crippen molar-refractivity contribution < 1.29 is 9.53 Å². The van der Waals surface area contributed by atoms with Crippen LogP contribution in [0.4, 0.5) is 5.69 Å². The molecule has 1 N–H and O–H groups in total. The number of carbonyl (C=O) groups excluding carboxylic acids is 1. The van der Waals surface area contributed by atoms with Crippen LogP contribution in [-0.2, 0) is 0 Å². The zero-order valence-corrected chi connectivity index (χ0v) is 15.7. The van der Waals surface area contributed by atoms with E-state index >= 15 is 0 Å². The van der Waals surface area contributed by atoms with E-state index in [2.05, 4.69) is 15.3 Å². The highest BCUT2D eigenvalue weighted by molar-refractivity contribution is 7.21. The van der Waals surface area contributed by atoms with Crippen molar-refractivity contribution in [2.24, 2.45) is 0 Å². The monoisotopic (exact) mass is 375 g/mol. The molecule has 0 unspecified atom stereocenters. The summed E-state index contributed by atoms with van der Waals surface area (Å²) in [6.45, 7) is 1.98. The Morgan fingerprint density at radius 3 is 2.78 bits per heavy atom. The molecule has 0 spiro atoms. The third-order valence-electron chi connectivity index (χ3n) is 4.31. The van der Waals surface area contributed by atoms with Crippen LogP contribution in [0, 0.1) is 6.92 Å². The van der Waals surface area contributed by atoms with E-state index in [-0.39, 0.29) is 5.91 Å². The van der Waals surface area contributed by atoms with Gasteiger partial charge < -0.3 is 10.1 Å². The van der Waals surface area contributed by atoms with Crippen molar-refractivity contribution in [3.8, 4) is 16.3 Å². The first-order valence-electron chi connectivity index (χ1n) is 8.42. The summed E-state index contributed by atoms with van der Waals surface area (Å²) in [4.78, 5) is 22.6. The van der Waals surface area contributed by atoms with Gasteiger partial charge in [-0.1, -0.05) is 29.5 Å². The Morgan fingerprint density at radius 2 is 1.96 bits per heavy atom. The SMILES string of the molecule is COc1cccc(C(=O)Nc2cccc(-c3nc4cccnc4s3)c2C)c1. The minimum absolute atomic E-state index is 0.180. The lowest BCUT2D eigenvalue weighted by atomic mass is 10.1. The zero-order chi connectivity index (χ0) is 18.8. The Labute approximate surface area is 160 Å². The fraction of sp³-hybridized carbons (Fsp3) is 0.0952. The number of anilines is 1. The van der Waals surface area contributed by atoms with Crippen molar-refractivity contribution in [2.45, 2.75) is 6.92 Å². The van der Waals surface area contributed by atoms with Crippen molar-refractivity contribution in [3.05, 3.63) is 71.9 Å². The molecule has 6 heteroatoms. The summed E-state index contributed by atoms with van der Waals surface area (Å²) >= 11 is 1.54. The van der Waals surface area contributed by atoms with Crippen molar-refractivity contribution in [1.82, 2.24) is 9.97 Å². The number of nitrogens with one attached hydrogen (secondary N) is 1. The first kappa shape index (κ1) is 17.2. The fourth-order valence-corrected chi connectivity index (χ4v) is 3.84. The molecule has 0 aliphatic heterocycles. The molecule has 134 valence electrons. The van der Waals surface area contributed by atoms with Gasteiger partial charge in [-0.05, 0) is 48.9 Å². The van der Waals surface area contributed by atoms with Gasteiger partial charge in [0.25, 0.3) is 5.91 Å². The number of rotatable bonds is 4. The Balaban J connectivity index is 1.66. The van der Waals surface area contributed by atoms with Crippen LogP contribution in [-0.4, -0.2) is 23.0 Å². The Bertz CT molecular complexity index is 1100. The molecule has 4 rings (SSSR count). The predicted octanol–water partition coefficient (Wildman–Crippen LogP) is 4.93. The molecule has 0 saturated heterocycles. The van der Waals surface area contributed by atoms with E-state index in [1.807, 2.05) is 43.3 Å². The van der Waals surface area contributed by atoms with Crippen LogP contribution in [0.3, 0.4) is 0 Å². The van der Waals surface area contributed by atoms with E-state index in [1.165, 1.54) is 0 Å². The van der Waals surface area contributed by atoms with E-state index < -0.39 is 0 Å². The van der Waals surface area contributed by atoms with E-state index in [0.29, 0.717) is 11.3 Å². The third kappa shape index (κ3) is 3.39. The number of methoxy groups -OCH3 is 1. The second-order valence-corrected chi connectivity index (χ2v) is 6.99. The normalized spacial score (nSPS) is 10.7. The number of fused-ring (bicyclic) bond motifs is 1. The van der Waals surface area contributed by atoms with Crippen molar-refractivity contribution >= 4 is 33.3 Å². The maximum Gasteiger partial charge on any atom is 0.255 e. The molecule has 0 saturated carbocycles. The number of nitrogens with zero attached hydrogens (tertiary/aromatic N) is 2. The van der Waals surface area contributed by atoms with E-state index in [9.17, 15) is 4.79 Å². The van der Waals surface area contributed by atoms with E-state index in [0.717, 1.165) is 32.2 Å². The highest BCUT2D eigenvalue weighted by atomic mass is 32.1. The summed E-state index contributed by atoms with van der Waals surface area (Å²) in [5, 5.41) is 3.88. The molecule has 0 aliphatic carbocycles. The molecule has 2 aromatic carbocycles. The molecule has 2 aromatic heterocycles. The average Bonchev–Trinajstić information content (AvgIpc) is 3.13. The molecule has 0 fully saturated rings. The molecular formula is C21H17N3O2S. The number of thiazole rings is 1. The highest BCUT2D eigenvalue weighted by Gasteiger charge is 2.14. The van der Waals surface area contributed by atoms with Gasteiger partial charge in [-0.25, -0.2) is 9.97 Å². The van der Waals surface area contributed by atoms with Gasteiger partial charge in [0.1, 0.15) is 21.1 Å². The Kier molecular flexibility index (Phi) is 4.56. The minimum Gasteiger partial charge on any atom is -0.497 e. The molecule has 1 amide bonds. The topological polar surface area (TPSA) is 64.1 Å². The zero-order valence-electron chi connectivity index (χ0n) is 14.9. The number of aromatic nitrogens is 2. The molecule has 0 bridgehead atoms. The van der Waals surface area contributed by atoms with Crippen molar-refractivity contribution in [3.63, 3.8) is 0 Å². The van der Waals surface area contributed by atoms with Crippen LogP contribution in [0.2, 0.25) is 0 Å².